The van der Waals surface area contributed by atoms with Crippen molar-refractivity contribution in [3.05, 3.63) is 44.0 Å². The van der Waals surface area contributed by atoms with Crippen LogP contribution in [0.15, 0.2) is 12.1 Å². The number of non-ortho nitro benzene ring substituents is 1. The van der Waals surface area contributed by atoms with E-state index in [4.69, 9.17) is 13.9 Å². The van der Waals surface area contributed by atoms with Gasteiger partial charge in [0.2, 0.25) is 0 Å². The van der Waals surface area contributed by atoms with Gasteiger partial charge in [-0.25, -0.2) is 0 Å². The first-order valence-corrected chi connectivity index (χ1v) is 11.0. The Labute approximate surface area is 179 Å². The van der Waals surface area contributed by atoms with Gasteiger partial charge in [0, 0.05) is 11.5 Å². The molecule has 176 valence electrons. The molecule has 1 aliphatic rings. The summed E-state index contributed by atoms with van der Waals surface area (Å²) in [6.45, 7) is 4.17. The summed E-state index contributed by atoms with van der Waals surface area (Å²) in [4.78, 5) is 26.9. The number of hydrogen-bond acceptors (Lipinski definition) is 8. The molecule has 1 heterocycles. The van der Waals surface area contributed by atoms with Gasteiger partial charge in [0.15, 0.2) is 17.0 Å². The van der Waals surface area contributed by atoms with Crippen molar-refractivity contribution in [2.24, 2.45) is 0 Å². The predicted octanol–water partition coefficient (Wildman–Crippen LogP) is 4.63. The zero-order chi connectivity index (χ0) is 24.0. The molecule has 14 heteroatoms. The first kappa shape index (κ1) is 23.9. The molecule has 0 saturated heterocycles. The van der Waals surface area contributed by atoms with Crippen LogP contribution >= 0.6 is 7.57 Å². The number of rotatable bonds is 7. The van der Waals surface area contributed by atoms with E-state index in [0.717, 1.165) is 4.73 Å². The van der Waals surface area contributed by atoms with Crippen LogP contribution in [0.25, 0.3) is 22.4 Å². The molecule has 1 aromatic heterocycles. The van der Waals surface area contributed by atoms with Crippen LogP contribution in [0.3, 0.4) is 0 Å². The molecule has 0 spiro atoms. The molecule has 3 rings (SSSR count). The number of fused-ring (bicyclic) bond motifs is 2. The molecule has 1 aliphatic carbocycles. The molecule has 2 aromatic rings. The summed E-state index contributed by atoms with van der Waals surface area (Å²) in [6, 6.07) is 0.908. The van der Waals surface area contributed by atoms with Gasteiger partial charge in [-0.05, 0) is 26.8 Å². The number of hydrogen-bond donors (Lipinski definition) is 3. The average molecular weight is 480 g/mol. The minimum Gasteiger partial charge on any atom is -0.504 e. The first-order valence-electron chi connectivity index (χ1n) is 9.41. The fourth-order valence-electron chi connectivity index (χ4n) is 3.45. The highest BCUT2D eigenvalue weighted by Crippen LogP contribution is 2.55. The second kappa shape index (κ2) is 8.32. The van der Waals surface area contributed by atoms with Crippen LogP contribution < -0.4 is 4.84 Å². The third kappa shape index (κ3) is 3.60. The van der Waals surface area contributed by atoms with Crippen LogP contribution in [0, 0.1) is 15.1 Å². The van der Waals surface area contributed by atoms with E-state index in [0.29, 0.717) is 12.1 Å². The molecular weight excluding hydrogens is 460 g/mol. The molecule has 0 fully saturated rings. The fourth-order valence-corrected chi connectivity index (χ4v) is 5.45. The van der Waals surface area contributed by atoms with E-state index in [-0.39, 0.29) is 31.1 Å². The summed E-state index contributed by atoms with van der Waals surface area (Å²) in [7, 11) is -4.17. The second-order valence-corrected chi connectivity index (χ2v) is 8.49. The number of nitro groups is 1. The molecule has 1 aromatic carbocycles. The van der Waals surface area contributed by atoms with E-state index < -0.39 is 57.3 Å². The lowest BCUT2D eigenvalue weighted by Crippen LogP contribution is -2.25. The van der Waals surface area contributed by atoms with Crippen LogP contribution in [0.4, 0.5) is 18.9 Å². The number of halogens is 3. The normalized spacial score (nSPS) is 13.8. The van der Waals surface area contributed by atoms with Gasteiger partial charge in [-0.3, -0.25) is 10.1 Å². The molecule has 0 unspecified atom stereocenters. The molecule has 10 nitrogen and oxygen atoms in total. The number of nitrogens with zero attached hydrogens (tertiary/aromatic N) is 2. The molecule has 0 radical (unpaired) electrons. The van der Waals surface area contributed by atoms with Gasteiger partial charge in [-0.1, -0.05) is 0 Å². The maximum atomic E-state index is 13.6. The van der Waals surface area contributed by atoms with Crippen molar-refractivity contribution in [1.82, 2.24) is 4.73 Å². The maximum Gasteiger partial charge on any atom is 0.416 e. The first-order chi connectivity index (χ1) is 14.9. The average Bonchev–Trinajstić information content (AvgIpc) is 2.71. The van der Waals surface area contributed by atoms with Crippen molar-refractivity contribution in [2.75, 3.05) is 19.8 Å². The Kier molecular flexibility index (Phi) is 6.22. The summed E-state index contributed by atoms with van der Waals surface area (Å²) in [6.07, 6.45) is -4.97. The second-order valence-electron chi connectivity index (χ2n) is 6.48. The summed E-state index contributed by atoms with van der Waals surface area (Å²) in [5, 5.41) is 31.8. The van der Waals surface area contributed by atoms with Crippen molar-refractivity contribution < 1.29 is 47.1 Å². The largest absolute Gasteiger partial charge is 0.504 e. The molecule has 0 bridgehead atoms. The van der Waals surface area contributed by atoms with Crippen LogP contribution in [0.1, 0.15) is 37.6 Å². The summed E-state index contributed by atoms with van der Waals surface area (Å²) in [5.74, 6) is -1.46. The minimum atomic E-state index is -4.97. The van der Waals surface area contributed by atoms with Crippen LogP contribution in [-0.4, -0.2) is 44.6 Å². The highest BCUT2D eigenvalue weighted by molar-refractivity contribution is 7.52. The Morgan fingerprint density at radius 2 is 1.69 bits per heavy atom. The van der Waals surface area contributed by atoms with Gasteiger partial charge >= 0.3 is 6.18 Å². The Balaban J connectivity index is 2.77. The molecule has 0 saturated carbocycles. The van der Waals surface area contributed by atoms with Crippen LogP contribution in [-0.2, 0) is 15.2 Å². The molecule has 3 N–H and O–H groups in total. The number of aromatic nitrogens is 1. The highest BCUT2D eigenvalue weighted by Gasteiger charge is 2.41. The Hall–Kier alpha value is -2.73. The Morgan fingerprint density at radius 3 is 2.16 bits per heavy atom. The molecule has 0 aliphatic heterocycles. The van der Waals surface area contributed by atoms with Gasteiger partial charge in [0.25, 0.3) is 13.3 Å². The van der Waals surface area contributed by atoms with Crippen LogP contribution in [0.2, 0.25) is 0 Å². The van der Waals surface area contributed by atoms with Crippen molar-refractivity contribution in [2.45, 2.75) is 26.9 Å². The number of benzene rings is 1. The van der Waals surface area contributed by atoms with E-state index in [1.165, 1.54) is 20.8 Å². The number of aliphatic hydroxyl groups is 2. The number of alkyl halides is 3. The quantitative estimate of drug-likeness (QED) is 0.296. The summed E-state index contributed by atoms with van der Waals surface area (Å²) in [5.41, 5.74) is -3.39. The number of nitro benzene ring substituents is 1. The van der Waals surface area contributed by atoms with E-state index in [1.54, 1.807) is 0 Å². The third-order valence-corrected chi connectivity index (χ3v) is 6.83. The molecule has 32 heavy (non-hydrogen) atoms. The van der Waals surface area contributed by atoms with Crippen molar-refractivity contribution in [1.29, 1.82) is 0 Å². The van der Waals surface area contributed by atoms with E-state index in [9.17, 15) is 38.4 Å². The van der Waals surface area contributed by atoms with Gasteiger partial charge in [0.05, 0.1) is 34.2 Å². The van der Waals surface area contributed by atoms with E-state index in [2.05, 4.69) is 0 Å². The number of pyridine rings is 1. The van der Waals surface area contributed by atoms with Gasteiger partial charge in [-0.15, -0.1) is 0 Å². The maximum absolute atomic E-state index is 13.6. The van der Waals surface area contributed by atoms with Crippen molar-refractivity contribution in [3.63, 3.8) is 0 Å². The zero-order valence-corrected chi connectivity index (χ0v) is 18.0. The van der Waals surface area contributed by atoms with Gasteiger partial charge in [-0.2, -0.15) is 17.9 Å². The molecule has 0 atom stereocenters. The Morgan fingerprint density at radius 1 is 1.09 bits per heavy atom. The zero-order valence-electron chi connectivity index (χ0n) is 17.1. The third-order valence-electron chi connectivity index (χ3n) is 4.58. The van der Waals surface area contributed by atoms with Gasteiger partial charge < -0.3 is 29.0 Å². The standard InChI is InChI=1S/C18H20F3N2O8P/c1-4-29-22-13-10(7-9(18(19,20)21)8-11(13)23(26)27)17(12-14(22)16(25)15(12)24)32(28,30-5-2)31-6-3/h7-8,24-25,28H,4-6H2,1-3H3. The summed E-state index contributed by atoms with van der Waals surface area (Å²) < 4.78 is 52.3. The van der Waals surface area contributed by atoms with Crippen LogP contribution in [0.5, 0.6) is 0 Å². The lowest BCUT2D eigenvalue weighted by Gasteiger charge is -2.29. The SMILES string of the molecule is CCOn1c2c(c(=P(O)(OCC)OCC)c3cc(C(F)(F)F)cc([N+](=O)[O-])c31)C(O)=C2O. The highest BCUT2D eigenvalue weighted by atomic mass is 31.2. The smallest absolute Gasteiger partial charge is 0.416 e. The monoisotopic (exact) mass is 480 g/mol. The topological polar surface area (TPSA) is 136 Å². The fraction of sp³-hybridized carbons (Fsp3) is 0.389. The van der Waals surface area contributed by atoms with Crippen molar-refractivity contribution >= 4 is 35.7 Å². The lowest BCUT2D eigenvalue weighted by atomic mass is 9.95. The Bertz CT molecular complexity index is 1230. The van der Waals surface area contributed by atoms with E-state index in [1.807, 2.05) is 0 Å². The predicted molar refractivity (Wildman–Crippen MR) is 108 cm³/mol. The van der Waals surface area contributed by atoms with Gasteiger partial charge in [0.1, 0.15) is 12.3 Å². The van der Waals surface area contributed by atoms with Crippen molar-refractivity contribution in [3.8, 4) is 0 Å². The minimum absolute atomic E-state index is 0.0892. The molecule has 0 amide bonds. The van der Waals surface area contributed by atoms with E-state index >= 15 is 0 Å². The molecular formula is C18H20F3N2O8P. The summed E-state index contributed by atoms with van der Waals surface area (Å²) >= 11 is 0. The number of aliphatic hydroxyl groups excluding tert-OH is 2. The lowest BCUT2D eigenvalue weighted by molar-refractivity contribution is -0.383.